The van der Waals surface area contributed by atoms with Crippen LogP contribution in [0.1, 0.15) is 34.3 Å². The first-order valence-corrected chi connectivity index (χ1v) is 13.6. The second-order valence-corrected chi connectivity index (χ2v) is 10.4. The van der Waals surface area contributed by atoms with Gasteiger partial charge in [-0.1, -0.05) is 36.4 Å². The summed E-state index contributed by atoms with van der Waals surface area (Å²) < 4.78 is 0. The molecule has 0 spiro atoms. The van der Waals surface area contributed by atoms with E-state index < -0.39 is 0 Å². The summed E-state index contributed by atoms with van der Waals surface area (Å²) in [4.78, 5) is 29.6. The van der Waals surface area contributed by atoms with Gasteiger partial charge in [0.15, 0.2) is 0 Å². The molecule has 2 aromatic heterocycles. The number of aromatic nitrogens is 3. The number of anilines is 1. The van der Waals surface area contributed by atoms with Crippen molar-refractivity contribution in [2.45, 2.75) is 25.9 Å². The fourth-order valence-corrected chi connectivity index (χ4v) is 5.44. The van der Waals surface area contributed by atoms with E-state index in [9.17, 15) is 15.0 Å². The minimum atomic E-state index is -0.381. The molecular formula is C31H28ClN5O3. The maximum absolute atomic E-state index is 13.8. The number of nitrogens with zero attached hydrogens (tertiary/aromatic N) is 4. The highest BCUT2D eigenvalue weighted by atomic mass is 35.5. The van der Waals surface area contributed by atoms with Crippen molar-refractivity contribution in [1.82, 2.24) is 19.9 Å². The fraction of sp³-hybridized carbons (Fsp3) is 0.194. The van der Waals surface area contributed by atoms with Crippen LogP contribution in [0.5, 0.6) is 11.5 Å². The minimum Gasteiger partial charge on any atom is -0.508 e. The number of carbonyl (C=O) groups excluding carboxylic acids is 1. The smallest absolute Gasteiger partial charge is 0.262 e. The van der Waals surface area contributed by atoms with Gasteiger partial charge in [0.1, 0.15) is 17.1 Å². The number of phenolic OH excluding ortho intramolecular Hbond substituents is 2. The molecule has 9 heteroatoms. The number of carbonyl (C=O) groups is 1. The van der Waals surface area contributed by atoms with Crippen molar-refractivity contribution in [2.75, 3.05) is 18.0 Å². The quantitative estimate of drug-likeness (QED) is 0.209. The van der Waals surface area contributed by atoms with E-state index in [2.05, 4.69) is 32.0 Å². The Morgan fingerprint density at radius 1 is 0.950 bits per heavy atom. The van der Waals surface area contributed by atoms with Gasteiger partial charge in [-0.25, -0.2) is 4.98 Å². The van der Waals surface area contributed by atoms with Gasteiger partial charge in [0.05, 0.1) is 17.8 Å². The molecule has 0 aliphatic carbocycles. The Kier molecular flexibility index (Phi) is 7.11. The molecule has 6 rings (SSSR count). The summed E-state index contributed by atoms with van der Waals surface area (Å²) >= 11 is 6.16. The molecule has 202 valence electrons. The summed E-state index contributed by atoms with van der Waals surface area (Å²) in [6, 6.07) is 21.7. The predicted molar refractivity (Wildman–Crippen MR) is 156 cm³/mol. The first kappa shape index (κ1) is 25.9. The van der Waals surface area contributed by atoms with Gasteiger partial charge in [0.25, 0.3) is 5.91 Å². The maximum Gasteiger partial charge on any atom is 0.262 e. The standard InChI is InChI=1S/C31H28ClN5O3/c32-31-34-28(26-12-13-33-29(26)35-31)22-6-8-23(9-7-22)37(30(40)25-11-10-24(38)17-27(25)39)19-21-5-3-4-20(16-21)18-36-14-1-2-15-36/h3-13,16-17,38-39H,1-2,14-15,18-19H2,(H,33,34,35). The third-order valence-electron chi connectivity index (χ3n) is 7.23. The summed E-state index contributed by atoms with van der Waals surface area (Å²) in [5.74, 6) is -0.771. The van der Waals surface area contributed by atoms with Gasteiger partial charge >= 0.3 is 0 Å². The van der Waals surface area contributed by atoms with Gasteiger partial charge in [-0.05, 0) is 79.0 Å². The molecule has 1 saturated heterocycles. The van der Waals surface area contributed by atoms with Crippen molar-refractivity contribution >= 4 is 34.2 Å². The molecular weight excluding hydrogens is 526 g/mol. The molecule has 0 bridgehead atoms. The van der Waals surface area contributed by atoms with E-state index in [1.807, 2.05) is 42.5 Å². The van der Waals surface area contributed by atoms with Gasteiger partial charge in [-0.15, -0.1) is 0 Å². The van der Waals surface area contributed by atoms with Gasteiger partial charge < -0.3 is 20.1 Å². The van der Waals surface area contributed by atoms with Crippen LogP contribution in [0.15, 0.2) is 79.0 Å². The van der Waals surface area contributed by atoms with Crippen LogP contribution in [0.2, 0.25) is 5.28 Å². The van der Waals surface area contributed by atoms with Crippen LogP contribution in [0.25, 0.3) is 22.3 Å². The second kappa shape index (κ2) is 11.0. The number of hydrogen-bond donors (Lipinski definition) is 3. The van der Waals surface area contributed by atoms with Gasteiger partial charge in [0.2, 0.25) is 5.28 Å². The highest BCUT2D eigenvalue weighted by Gasteiger charge is 2.22. The van der Waals surface area contributed by atoms with E-state index in [0.29, 0.717) is 23.6 Å². The van der Waals surface area contributed by atoms with E-state index in [4.69, 9.17) is 11.6 Å². The van der Waals surface area contributed by atoms with Crippen LogP contribution in [0.4, 0.5) is 5.69 Å². The lowest BCUT2D eigenvalue weighted by Crippen LogP contribution is -2.30. The highest BCUT2D eigenvalue weighted by molar-refractivity contribution is 6.28. The molecule has 0 radical (unpaired) electrons. The molecule has 5 aromatic rings. The van der Waals surface area contributed by atoms with E-state index in [-0.39, 0.29) is 28.3 Å². The summed E-state index contributed by atoms with van der Waals surface area (Å²) in [5.41, 5.74) is 5.09. The number of halogens is 1. The van der Waals surface area contributed by atoms with Gasteiger partial charge in [-0.2, -0.15) is 4.98 Å². The molecule has 3 heterocycles. The number of amides is 1. The van der Waals surface area contributed by atoms with Crippen molar-refractivity contribution in [1.29, 1.82) is 0 Å². The van der Waals surface area contributed by atoms with Crippen LogP contribution in [-0.4, -0.2) is 49.1 Å². The number of aromatic hydroxyl groups is 2. The number of nitrogens with one attached hydrogen (secondary N) is 1. The lowest BCUT2D eigenvalue weighted by atomic mass is 10.1. The first-order chi connectivity index (χ1) is 19.4. The molecule has 1 aliphatic heterocycles. The zero-order valence-corrected chi connectivity index (χ0v) is 22.5. The molecule has 40 heavy (non-hydrogen) atoms. The average molecular weight is 554 g/mol. The zero-order chi connectivity index (χ0) is 27.6. The maximum atomic E-state index is 13.8. The number of likely N-dealkylation sites (tertiary alicyclic amines) is 1. The van der Waals surface area contributed by atoms with Crippen LogP contribution in [-0.2, 0) is 13.1 Å². The Bertz CT molecular complexity index is 1680. The third kappa shape index (κ3) is 5.36. The monoisotopic (exact) mass is 553 g/mol. The van der Waals surface area contributed by atoms with Gasteiger partial charge in [-0.3, -0.25) is 9.69 Å². The lowest BCUT2D eigenvalue weighted by molar-refractivity contribution is 0.0982. The van der Waals surface area contributed by atoms with Crippen molar-refractivity contribution in [3.8, 4) is 22.8 Å². The summed E-state index contributed by atoms with van der Waals surface area (Å²) in [7, 11) is 0. The Hall–Kier alpha value is -4.40. The fourth-order valence-electron chi connectivity index (χ4n) is 5.27. The normalized spacial score (nSPS) is 13.6. The summed E-state index contributed by atoms with van der Waals surface area (Å²) in [6.07, 6.45) is 4.24. The molecule has 0 unspecified atom stereocenters. The number of phenols is 2. The molecule has 0 saturated carbocycles. The number of hydrogen-bond acceptors (Lipinski definition) is 6. The van der Waals surface area contributed by atoms with Crippen LogP contribution >= 0.6 is 11.6 Å². The van der Waals surface area contributed by atoms with Crippen LogP contribution in [0.3, 0.4) is 0 Å². The van der Waals surface area contributed by atoms with Crippen molar-refractivity contribution in [3.63, 3.8) is 0 Å². The Balaban J connectivity index is 1.34. The second-order valence-electron chi connectivity index (χ2n) is 10.0. The number of rotatable bonds is 7. The number of benzene rings is 3. The van der Waals surface area contributed by atoms with E-state index >= 15 is 0 Å². The van der Waals surface area contributed by atoms with Crippen molar-refractivity contribution < 1.29 is 15.0 Å². The summed E-state index contributed by atoms with van der Waals surface area (Å²) in [6.45, 7) is 3.39. The minimum absolute atomic E-state index is 0.103. The Labute approximate surface area is 236 Å². The van der Waals surface area contributed by atoms with E-state index in [1.165, 1.54) is 36.6 Å². The van der Waals surface area contributed by atoms with Crippen molar-refractivity contribution in [2.24, 2.45) is 0 Å². The average Bonchev–Trinajstić information content (AvgIpc) is 3.64. The van der Waals surface area contributed by atoms with Crippen molar-refractivity contribution in [3.05, 3.63) is 101 Å². The molecule has 1 aliphatic rings. The molecule has 1 amide bonds. The number of fused-ring (bicyclic) bond motifs is 1. The zero-order valence-electron chi connectivity index (χ0n) is 21.7. The molecule has 3 aromatic carbocycles. The van der Waals surface area contributed by atoms with Crippen LogP contribution < -0.4 is 4.90 Å². The predicted octanol–water partition coefficient (Wildman–Crippen LogP) is 6.13. The van der Waals surface area contributed by atoms with Gasteiger partial charge in [0, 0.05) is 35.4 Å². The number of aromatic amines is 1. The number of H-pyrrole nitrogens is 1. The first-order valence-electron chi connectivity index (χ1n) is 13.2. The molecule has 0 atom stereocenters. The summed E-state index contributed by atoms with van der Waals surface area (Å²) in [5, 5.41) is 21.2. The SMILES string of the molecule is O=C(c1ccc(O)cc1O)N(Cc1cccc(CN2CCCC2)c1)c1ccc(-c2nc(Cl)nc3[nH]ccc23)cc1. The van der Waals surface area contributed by atoms with E-state index in [1.54, 1.807) is 11.1 Å². The largest absolute Gasteiger partial charge is 0.508 e. The van der Waals surface area contributed by atoms with E-state index in [0.717, 1.165) is 36.1 Å². The molecule has 8 nitrogen and oxygen atoms in total. The highest BCUT2D eigenvalue weighted by Crippen LogP contribution is 2.31. The molecule has 3 N–H and O–H groups in total. The Morgan fingerprint density at radius 2 is 1.73 bits per heavy atom. The Morgan fingerprint density at radius 3 is 2.50 bits per heavy atom. The third-order valence-corrected chi connectivity index (χ3v) is 7.40. The molecule has 1 fully saturated rings. The van der Waals surface area contributed by atoms with Crippen LogP contribution in [0, 0.1) is 0 Å². The topological polar surface area (TPSA) is 106 Å². The lowest BCUT2D eigenvalue weighted by Gasteiger charge is -2.24.